The second kappa shape index (κ2) is 8.10. The molecule has 2 amide bonds. The Kier molecular flexibility index (Phi) is 6.31. The van der Waals surface area contributed by atoms with Gasteiger partial charge in [0.15, 0.2) is 0 Å². The van der Waals surface area contributed by atoms with Gasteiger partial charge < -0.3 is 9.64 Å². The van der Waals surface area contributed by atoms with E-state index in [1.54, 1.807) is 64.2 Å². The van der Waals surface area contributed by atoms with E-state index in [4.69, 9.17) is 16.3 Å². The third kappa shape index (κ3) is 5.47. The molecule has 1 N–H and O–H groups in total. The fourth-order valence-corrected chi connectivity index (χ4v) is 2.97. The lowest BCUT2D eigenvalue weighted by atomic mass is 10.1. The quantitative estimate of drug-likeness (QED) is 0.665. The molecule has 7 heteroatoms. The van der Waals surface area contributed by atoms with Gasteiger partial charge in [-0.15, -0.1) is 0 Å². The van der Waals surface area contributed by atoms with Gasteiger partial charge in [-0.25, -0.2) is 4.79 Å². The summed E-state index contributed by atoms with van der Waals surface area (Å²) in [6, 6.07) is 11.9. The van der Waals surface area contributed by atoms with Gasteiger partial charge in [-0.2, -0.15) is 0 Å². The molecule has 2 aromatic rings. The van der Waals surface area contributed by atoms with Crippen LogP contribution >= 0.6 is 27.5 Å². The van der Waals surface area contributed by atoms with Crippen molar-refractivity contribution in [3.05, 3.63) is 57.5 Å². The molecule has 0 aromatic heterocycles. The number of halogens is 2. The summed E-state index contributed by atoms with van der Waals surface area (Å²) in [5.74, 6) is -0.210. The van der Waals surface area contributed by atoms with Crippen LogP contribution in [0.1, 0.15) is 31.1 Å². The molecule has 0 saturated carbocycles. The van der Waals surface area contributed by atoms with Gasteiger partial charge in [0, 0.05) is 22.8 Å². The molecule has 0 fully saturated rings. The maximum absolute atomic E-state index is 12.6. The fraction of sp³-hybridized carbons (Fsp3) is 0.263. The second-order valence-electron chi connectivity index (χ2n) is 6.66. The minimum absolute atomic E-state index is 0.210. The standard InChI is InChI=1S/C19H20BrClN2O3/c1-19(2,3)26-18(25)22-14-8-5-12(6-9-14)17(24)23(4)16-10-7-13(20)11-15(16)21/h5-11H,1-4H3,(H,22,25). The van der Waals surface area contributed by atoms with Crippen LogP contribution in [-0.4, -0.2) is 24.6 Å². The highest BCUT2D eigenvalue weighted by molar-refractivity contribution is 9.10. The molecular weight excluding hydrogens is 420 g/mol. The van der Waals surface area contributed by atoms with Gasteiger partial charge in [0.05, 0.1) is 10.7 Å². The van der Waals surface area contributed by atoms with Crippen molar-refractivity contribution < 1.29 is 14.3 Å². The largest absolute Gasteiger partial charge is 0.444 e. The average Bonchev–Trinajstić information content (AvgIpc) is 2.52. The fourth-order valence-electron chi connectivity index (χ4n) is 2.17. The number of rotatable bonds is 3. The first-order valence-corrected chi connectivity index (χ1v) is 9.07. The first-order chi connectivity index (χ1) is 12.1. The van der Waals surface area contributed by atoms with Crippen molar-refractivity contribution in [2.24, 2.45) is 0 Å². The maximum atomic E-state index is 12.6. The molecule has 0 aliphatic rings. The number of nitrogens with zero attached hydrogens (tertiary/aromatic N) is 1. The summed E-state index contributed by atoms with van der Waals surface area (Å²) in [5, 5.41) is 3.10. The molecule has 0 radical (unpaired) electrons. The Labute approximate surface area is 166 Å². The van der Waals surface area contributed by atoms with Crippen LogP contribution in [0.4, 0.5) is 16.2 Å². The van der Waals surface area contributed by atoms with E-state index in [9.17, 15) is 9.59 Å². The second-order valence-corrected chi connectivity index (χ2v) is 7.99. The third-order valence-electron chi connectivity index (χ3n) is 3.35. The zero-order chi connectivity index (χ0) is 19.5. The minimum Gasteiger partial charge on any atom is -0.444 e. The predicted molar refractivity (Wildman–Crippen MR) is 108 cm³/mol. The lowest BCUT2D eigenvalue weighted by molar-refractivity contribution is 0.0636. The van der Waals surface area contributed by atoms with Gasteiger partial charge in [-0.05, 0) is 63.2 Å². The van der Waals surface area contributed by atoms with E-state index in [0.29, 0.717) is 22.0 Å². The average molecular weight is 440 g/mol. The summed E-state index contributed by atoms with van der Waals surface area (Å²) in [7, 11) is 1.66. The summed E-state index contributed by atoms with van der Waals surface area (Å²) < 4.78 is 6.03. The Morgan fingerprint density at radius 1 is 1.12 bits per heavy atom. The van der Waals surface area contributed by atoms with Gasteiger partial charge in [0.25, 0.3) is 5.91 Å². The lowest BCUT2D eigenvalue weighted by Gasteiger charge is -2.20. The van der Waals surface area contributed by atoms with Crippen LogP contribution in [0.2, 0.25) is 5.02 Å². The Morgan fingerprint density at radius 3 is 2.27 bits per heavy atom. The van der Waals surface area contributed by atoms with Crippen molar-refractivity contribution in [1.82, 2.24) is 0 Å². The molecule has 0 bridgehead atoms. The number of carbonyl (C=O) groups is 2. The Balaban J connectivity index is 2.09. The number of hydrogen-bond acceptors (Lipinski definition) is 3. The number of carbonyl (C=O) groups excluding carboxylic acids is 2. The van der Waals surface area contributed by atoms with Gasteiger partial charge in [-0.1, -0.05) is 27.5 Å². The molecule has 0 heterocycles. The van der Waals surface area contributed by atoms with Crippen molar-refractivity contribution >= 4 is 50.9 Å². The van der Waals surface area contributed by atoms with E-state index in [1.165, 1.54) is 4.90 Å². The normalized spacial score (nSPS) is 11.0. The lowest BCUT2D eigenvalue weighted by Crippen LogP contribution is -2.27. The third-order valence-corrected chi connectivity index (χ3v) is 4.15. The van der Waals surface area contributed by atoms with Gasteiger partial charge in [-0.3, -0.25) is 10.1 Å². The minimum atomic E-state index is -0.577. The van der Waals surface area contributed by atoms with Crippen molar-refractivity contribution in [2.45, 2.75) is 26.4 Å². The summed E-state index contributed by atoms with van der Waals surface area (Å²) in [6.45, 7) is 5.37. The molecule has 0 spiro atoms. The molecule has 26 heavy (non-hydrogen) atoms. The van der Waals surface area contributed by atoms with Crippen LogP contribution in [0.5, 0.6) is 0 Å². The molecule has 0 unspecified atom stereocenters. The number of benzene rings is 2. The molecule has 0 atom stereocenters. The maximum Gasteiger partial charge on any atom is 0.412 e. The molecule has 0 saturated heterocycles. The highest BCUT2D eigenvalue weighted by Crippen LogP contribution is 2.29. The van der Waals surface area contributed by atoms with Crippen molar-refractivity contribution in [3.63, 3.8) is 0 Å². The highest BCUT2D eigenvalue weighted by Gasteiger charge is 2.18. The number of ether oxygens (including phenoxy) is 1. The van der Waals surface area contributed by atoms with Crippen LogP contribution in [-0.2, 0) is 4.74 Å². The zero-order valence-corrected chi connectivity index (χ0v) is 17.3. The van der Waals surface area contributed by atoms with E-state index in [2.05, 4.69) is 21.2 Å². The SMILES string of the molecule is CN(C(=O)c1ccc(NC(=O)OC(C)(C)C)cc1)c1ccc(Br)cc1Cl. The molecule has 2 aromatic carbocycles. The highest BCUT2D eigenvalue weighted by atomic mass is 79.9. The predicted octanol–water partition coefficient (Wildman–Crippen LogP) is 5.73. The van der Waals surface area contributed by atoms with Crippen molar-refractivity contribution in [1.29, 1.82) is 0 Å². The smallest absolute Gasteiger partial charge is 0.412 e. The molecule has 5 nitrogen and oxygen atoms in total. The summed E-state index contributed by atoms with van der Waals surface area (Å²) in [4.78, 5) is 25.9. The number of anilines is 2. The summed E-state index contributed by atoms with van der Waals surface area (Å²) in [6.07, 6.45) is -0.546. The molecule has 0 aliphatic carbocycles. The van der Waals surface area contributed by atoms with Crippen LogP contribution in [0, 0.1) is 0 Å². The number of nitrogens with one attached hydrogen (secondary N) is 1. The van der Waals surface area contributed by atoms with E-state index < -0.39 is 11.7 Å². The van der Waals surface area contributed by atoms with Gasteiger partial charge in [0.2, 0.25) is 0 Å². The monoisotopic (exact) mass is 438 g/mol. The summed E-state index contributed by atoms with van der Waals surface area (Å²) >= 11 is 9.55. The van der Waals surface area contributed by atoms with Gasteiger partial charge >= 0.3 is 6.09 Å². The Morgan fingerprint density at radius 2 is 1.73 bits per heavy atom. The molecule has 0 aliphatic heterocycles. The number of amides is 2. The topological polar surface area (TPSA) is 58.6 Å². The number of hydrogen-bond donors (Lipinski definition) is 1. The van der Waals surface area contributed by atoms with Gasteiger partial charge in [0.1, 0.15) is 5.60 Å². The van der Waals surface area contributed by atoms with E-state index in [-0.39, 0.29) is 5.91 Å². The van der Waals surface area contributed by atoms with E-state index in [1.807, 2.05) is 6.07 Å². The first kappa shape index (κ1) is 20.3. The van der Waals surface area contributed by atoms with Crippen molar-refractivity contribution in [3.8, 4) is 0 Å². The van der Waals surface area contributed by atoms with Crippen LogP contribution in [0.25, 0.3) is 0 Å². The van der Waals surface area contributed by atoms with E-state index in [0.717, 1.165) is 4.47 Å². The van der Waals surface area contributed by atoms with Crippen LogP contribution in [0.3, 0.4) is 0 Å². The zero-order valence-electron chi connectivity index (χ0n) is 15.0. The summed E-state index contributed by atoms with van der Waals surface area (Å²) in [5.41, 5.74) is 1.05. The van der Waals surface area contributed by atoms with E-state index >= 15 is 0 Å². The Hall–Kier alpha value is -2.05. The molecule has 138 valence electrons. The Bertz CT molecular complexity index is 817. The molecular formula is C19H20BrClN2O3. The van der Waals surface area contributed by atoms with Crippen LogP contribution in [0.15, 0.2) is 46.9 Å². The molecule has 2 rings (SSSR count). The van der Waals surface area contributed by atoms with Crippen molar-refractivity contribution in [2.75, 3.05) is 17.3 Å². The first-order valence-electron chi connectivity index (χ1n) is 7.90. The van der Waals surface area contributed by atoms with Crippen LogP contribution < -0.4 is 10.2 Å².